The van der Waals surface area contributed by atoms with Crippen molar-refractivity contribution in [2.24, 2.45) is 0 Å². The molecule has 0 aromatic carbocycles. The lowest BCUT2D eigenvalue weighted by Crippen LogP contribution is -2.32. The summed E-state index contributed by atoms with van der Waals surface area (Å²) in [5.41, 5.74) is -0.405. The smallest absolute Gasteiger partial charge is 0.318 e. The molecule has 1 fully saturated rings. The van der Waals surface area contributed by atoms with Gasteiger partial charge in [0.25, 0.3) is 6.43 Å². The maximum atomic E-state index is 13.3. The summed E-state index contributed by atoms with van der Waals surface area (Å²) in [7, 11) is 1.48. The molecule has 0 aliphatic carbocycles. The second kappa shape index (κ2) is 6.99. The van der Waals surface area contributed by atoms with E-state index in [9.17, 15) is 22.4 Å². The lowest BCUT2D eigenvalue weighted by molar-refractivity contribution is 0.00505. The Morgan fingerprint density at radius 3 is 2.81 bits per heavy atom. The Morgan fingerprint density at radius 2 is 2.19 bits per heavy atom. The van der Waals surface area contributed by atoms with Crippen molar-refractivity contribution in [3.05, 3.63) is 16.4 Å². The van der Waals surface area contributed by atoms with Gasteiger partial charge in [0.2, 0.25) is 10.9 Å². The molecule has 0 radical (unpaired) electrons. The number of amides is 2. The van der Waals surface area contributed by atoms with Crippen LogP contribution in [0.5, 0.6) is 0 Å². The second-order valence-electron chi connectivity index (χ2n) is 6.17. The van der Waals surface area contributed by atoms with Crippen molar-refractivity contribution in [2.45, 2.75) is 44.9 Å². The Hall–Kier alpha value is -1.95. The first-order valence-corrected chi connectivity index (χ1v) is 8.57. The van der Waals surface area contributed by atoms with E-state index in [2.05, 4.69) is 15.4 Å². The number of fused-ring (bicyclic) bond motifs is 1. The van der Waals surface area contributed by atoms with Crippen molar-refractivity contribution in [1.82, 2.24) is 24.8 Å². The molecular weight excluding hydrogens is 378 g/mol. The molecule has 0 bridgehead atoms. The molecule has 26 heavy (non-hydrogen) atoms. The Bertz CT molecular complexity index is 803. The molecule has 0 saturated carbocycles. The molecule has 2 amide bonds. The van der Waals surface area contributed by atoms with Crippen LogP contribution in [0.1, 0.15) is 36.2 Å². The third-order valence-corrected chi connectivity index (χ3v) is 4.73. The van der Waals surface area contributed by atoms with Crippen molar-refractivity contribution >= 4 is 22.3 Å². The Kier molecular flexibility index (Phi) is 5.06. The van der Waals surface area contributed by atoms with Gasteiger partial charge in [-0.15, -0.1) is 0 Å². The number of urea groups is 1. The van der Waals surface area contributed by atoms with Crippen molar-refractivity contribution in [3.63, 3.8) is 0 Å². The average Bonchev–Trinajstić information content (AvgIpc) is 3.13. The van der Waals surface area contributed by atoms with Gasteiger partial charge < -0.3 is 15.0 Å². The largest absolute Gasteiger partial charge is 0.377 e. The average molecular weight is 395 g/mol. The van der Waals surface area contributed by atoms with Gasteiger partial charge in [-0.3, -0.25) is 0 Å². The van der Waals surface area contributed by atoms with Crippen LogP contribution in [0.4, 0.5) is 22.4 Å². The molecule has 7 nitrogen and oxygen atoms in total. The maximum Gasteiger partial charge on any atom is 0.318 e. The van der Waals surface area contributed by atoms with E-state index in [4.69, 9.17) is 4.74 Å². The number of nitrogens with zero attached hydrogens (tertiary/aromatic N) is 4. The first-order chi connectivity index (χ1) is 12.2. The molecule has 0 spiro atoms. The highest BCUT2D eigenvalue weighted by molar-refractivity contribution is 7.16. The monoisotopic (exact) mass is 395 g/mol. The van der Waals surface area contributed by atoms with E-state index in [-0.39, 0.29) is 30.4 Å². The summed E-state index contributed by atoms with van der Waals surface area (Å²) < 4.78 is 59.2. The number of methoxy groups -OCH3 is 1. The molecule has 1 aliphatic rings. The highest BCUT2D eigenvalue weighted by Crippen LogP contribution is 2.29. The summed E-state index contributed by atoms with van der Waals surface area (Å²) in [6.07, 6.45) is -3.36. The predicted molar refractivity (Wildman–Crippen MR) is 84.5 cm³/mol. The summed E-state index contributed by atoms with van der Waals surface area (Å²) in [6, 6.07) is -1.33. The van der Waals surface area contributed by atoms with Crippen LogP contribution < -0.4 is 5.32 Å². The number of imidazole rings is 1. The summed E-state index contributed by atoms with van der Waals surface area (Å²) in [5.74, 6) is -2.93. The fraction of sp³-hybridized carbons (Fsp3) is 0.643. The van der Waals surface area contributed by atoms with Gasteiger partial charge in [0.05, 0.1) is 24.9 Å². The second-order valence-corrected chi connectivity index (χ2v) is 7.21. The lowest BCUT2D eigenvalue weighted by Gasteiger charge is -2.16. The van der Waals surface area contributed by atoms with Crippen LogP contribution in [0, 0.1) is 0 Å². The van der Waals surface area contributed by atoms with Crippen LogP contribution in [0.3, 0.4) is 0 Å². The van der Waals surface area contributed by atoms with Gasteiger partial charge in [-0.05, 0) is 6.92 Å². The molecule has 1 atom stereocenters. The lowest BCUT2D eigenvalue weighted by atomic mass is 10.1. The molecule has 2 aromatic rings. The van der Waals surface area contributed by atoms with Crippen LogP contribution in [0.2, 0.25) is 0 Å². The number of carbonyl (C=O) groups excluding carboxylic acids is 1. The third kappa shape index (κ3) is 3.90. The number of hydrogen-bond donors (Lipinski definition) is 1. The van der Waals surface area contributed by atoms with Crippen molar-refractivity contribution in [2.75, 3.05) is 13.7 Å². The van der Waals surface area contributed by atoms with Crippen molar-refractivity contribution < 1.29 is 27.1 Å². The fourth-order valence-corrected chi connectivity index (χ4v) is 3.77. The van der Waals surface area contributed by atoms with Crippen LogP contribution in [0.25, 0.3) is 4.96 Å². The molecule has 12 heteroatoms. The molecule has 1 aliphatic heterocycles. The Morgan fingerprint density at radius 1 is 1.46 bits per heavy atom. The van der Waals surface area contributed by atoms with Gasteiger partial charge in [-0.1, -0.05) is 11.3 Å². The molecule has 1 saturated heterocycles. The van der Waals surface area contributed by atoms with Crippen LogP contribution in [-0.4, -0.2) is 51.1 Å². The number of aromatic nitrogens is 3. The van der Waals surface area contributed by atoms with Crippen molar-refractivity contribution in [3.8, 4) is 0 Å². The molecular formula is C14H17F4N5O2S. The van der Waals surface area contributed by atoms with Gasteiger partial charge in [-0.25, -0.2) is 31.9 Å². The minimum Gasteiger partial charge on any atom is -0.377 e. The zero-order valence-electron chi connectivity index (χ0n) is 14.0. The number of halogens is 4. The number of nitrogens with one attached hydrogen (secondary N) is 1. The summed E-state index contributed by atoms with van der Waals surface area (Å²) in [4.78, 5) is 17.4. The van der Waals surface area contributed by atoms with Crippen LogP contribution in [-0.2, 0) is 17.9 Å². The number of rotatable bonds is 7. The maximum absolute atomic E-state index is 13.3. The van der Waals surface area contributed by atoms with E-state index in [0.29, 0.717) is 5.01 Å². The minimum absolute atomic E-state index is 0.00671. The SMILES string of the molecule is COCc1nn2c(CN3C[C@@H](CC(C)(F)F)NC3=O)c(C(F)F)nc2s1. The Labute approximate surface area is 149 Å². The summed E-state index contributed by atoms with van der Waals surface area (Å²) in [6.45, 7) is 0.765. The van der Waals surface area contributed by atoms with E-state index < -0.39 is 36.5 Å². The topological polar surface area (TPSA) is 71.8 Å². The standard InChI is InChI=1S/C14H17F4N5O2S/c1-14(17,18)3-7-4-22(12(24)19-7)5-8-10(11(15)16)20-13-23(8)21-9(26-13)6-25-2/h7,11H,3-6H2,1-2H3,(H,19,24)/t7-/m1/s1. The van der Waals surface area contributed by atoms with E-state index in [1.165, 1.54) is 16.5 Å². The van der Waals surface area contributed by atoms with Gasteiger partial charge in [0, 0.05) is 20.1 Å². The first-order valence-electron chi connectivity index (χ1n) is 7.75. The zero-order chi connectivity index (χ0) is 19.1. The van der Waals surface area contributed by atoms with Gasteiger partial charge in [-0.2, -0.15) is 5.10 Å². The minimum atomic E-state index is -2.93. The molecule has 144 valence electrons. The number of hydrogen-bond acceptors (Lipinski definition) is 5. The molecule has 3 rings (SSSR count). The van der Waals surface area contributed by atoms with Gasteiger partial charge in [0.15, 0.2) is 0 Å². The van der Waals surface area contributed by atoms with E-state index in [1.807, 2.05) is 0 Å². The summed E-state index contributed by atoms with van der Waals surface area (Å²) >= 11 is 1.11. The number of carbonyl (C=O) groups is 1. The van der Waals surface area contributed by atoms with Crippen LogP contribution >= 0.6 is 11.3 Å². The van der Waals surface area contributed by atoms with Crippen molar-refractivity contribution in [1.29, 1.82) is 0 Å². The van der Waals surface area contributed by atoms with Gasteiger partial charge >= 0.3 is 6.03 Å². The molecule has 1 N–H and O–H groups in total. The van der Waals surface area contributed by atoms with E-state index >= 15 is 0 Å². The van der Waals surface area contributed by atoms with Crippen LogP contribution in [0.15, 0.2) is 0 Å². The predicted octanol–water partition coefficient (Wildman–Crippen LogP) is 2.81. The Balaban J connectivity index is 1.85. The molecule has 3 heterocycles. The number of alkyl halides is 4. The highest BCUT2D eigenvalue weighted by atomic mass is 32.1. The molecule has 0 unspecified atom stereocenters. The number of ether oxygens (including phenoxy) is 1. The normalized spacial score (nSPS) is 18.3. The zero-order valence-corrected chi connectivity index (χ0v) is 14.8. The molecule has 2 aromatic heterocycles. The summed E-state index contributed by atoms with van der Waals surface area (Å²) in [5, 5.41) is 7.18. The quantitative estimate of drug-likeness (QED) is 0.732. The van der Waals surface area contributed by atoms with Gasteiger partial charge in [0.1, 0.15) is 10.7 Å². The first kappa shape index (κ1) is 18.8. The third-order valence-electron chi connectivity index (χ3n) is 3.84. The van der Waals surface area contributed by atoms with E-state index in [0.717, 1.165) is 18.3 Å². The highest BCUT2D eigenvalue weighted by Gasteiger charge is 2.36. The fourth-order valence-electron chi connectivity index (χ4n) is 2.88. The van der Waals surface area contributed by atoms with E-state index in [1.54, 1.807) is 0 Å².